The molecule has 4 unspecified atom stereocenters. The van der Waals surface area contributed by atoms with E-state index < -0.39 is 0 Å². The zero-order valence-corrected chi connectivity index (χ0v) is 10.1. The van der Waals surface area contributed by atoms with Gasteiger partial charge in [0.25, 0.3) is 5.89 Å². The number of fused-ring (bicyclic) bond motifs is 2. The molecule has 0 aromatic carbocycles. The summed E-state index contributed by atoms with van der Waals surface area (Å²) in [5, 5.41) is 4.11. The quantitative estimate of drug-likeness (QED) is 0.861. The van der Waals surface area contributed by atoms with Crippen molar-refractivity contribution in [3.63, 3.8) is 0 Å². The van der Waals surface area contributed by atoms with Crippen LogP contribution in [-0.4, -0.2) is 23.8 Å². The predicted octanol–water partition coefficient (Wildman–Crippen LogP) is 1.62. The Hall–Kier alpha value is -0.940. The Morgan fingerprint density at radius 3 is 2.94 bits per heavy atom. The van der Waals surface area contributed by atoms with Crippen molar-refractivity contribution >= 4 is 0 Å². The number of hydrogen-bond acceptors (Lipinski definition) is 5. The molecule has 0 saturated heterocycles. The Labute approximate surface area is 101 Å². The van der Waals surface area contributed by atoms with Crippen LogP contribution in [0.1, 0.15) is 49.4 Å². The molecule has 2 fully saturated rings. The van der Waals surface area contributed by atoms with Gasteiger partial charge in [-0.25, -0.2) is 0 Å². The molecule has 1 heterocycles. The maximum absolute atomic E-state index is 5.59. The average molecular weight is 237 g/mol. The molecule has 94 valence electrons. The second kappa shape index (κ2) is 4.38. The van der Waals surface area contributed by atoms with Crippen LogP contribution in [0, 0.1) is 11.8 Å². The van der Waals surface area contributed by atoms with Crippen LogP contribution in [0.2, 0.25) is 0 Å². The second-order valence-corrected chi connectivity index (χ2v) is 5.23. The van der Waals surface area contributed by atoms with E-state index in [1.165, 1.54) is 25.7 Å². The Morgan fingerprint density at radius 1 is 1.47 bits per heavy atom. The van der Waals surface area contributed by atoms with E-state index in [0.717, 1.165) is 17.7 Å². The van der Waals surface area contributed by atoms with Crippen molar-refractivity contribution in [3.8, 4) is 0 Å². The third kappa shape index (κ3) is 1.87. The van der Waals surface area contributed by atoms with Gasteiger partial charge in [-0.3, -0.25) is 0 Å². The summed E-state index contributed by atoms with van der Waals surface area (Å²) in [6.45, 7) is 0.370. The third-order valence-corrected chi connectivity index (χ3v) is 4.30. The van der Waals surface area contributed by atoms with Crippen LogP contribution in [0.3, 0.4) is 0 Å². The molecule has 1 aromatic rings. The molecule has 4 atom stereocenters. The number of rotatable bonds is 4. The van der Waals surface area contributed by atoms with E-state index in [0.29, 0.717) is 18.4 Å². The van der Waals surface area contributed by atoms with Gasteiger partial charge < -0.3 is 15.0 Å². The Kier molecular flexibility index (Phi) is 2.88. The number of nitrogens with two attached hydrogens (primary N) is 1. The molecule has 3 rings (SSSR count). The first-order chi connectivity index (χ1) is 8.31. The molecule has 17 heavy (non-hydrogen) atoms. The maximum Gasteiger partial charge on any atom is 0.257 e. The highest BCUT2D eigenvalue weighted by atomic mass is 16.5. The van der Waals surface area contributed by atoms with E-state index in [4.69, 9.17) is 15.0 Å². The summed E-state index contributed by atoms with van der Waals surface area (Å²) in [4.78, 5) is 4.47. The van der Waals surface area contributed by atoms with Gasteiger partial charge in [-0.2, -0.15) is 4.98 Å². The minimum absolute atomic E-state index is 0.269. The van der Waals surface area contributed by atoms with Gasteiger partial charge in [0.05, 0.1) is 0 Å². The zero-order valence-electron chi connectivity index (χ0n) is 10.1. The first kappa shape index (κ1) is 11.2. The van der Waals surface area contributed by atoms with Gasteiger partial charge in [0.1, 0.15) is 6.10 Å². The largest absolute Gasteiger partial charge is 0.370 e. The summed E-state index contributed by atoms with van der Waals surface area (Å²) < 4.78 is 10.5. The summed E-state index contributed by atoms with van der Waals surface area (Å²) >= 11 is 0. The topological polar surface area (TPSA) is 74.2 Å². The third-order valence-electron chi connectivity index (χ3n) is 4.30. The van der Waals surface area contributed by atoms with Crippen molar-refractivity contribution in [2.75, 3.05) is 13.7 Å². The lowest BCUT2D eigenvalue weighted by molar-refractivity contribution is 0.0803. The van der Waals surface area contributed by atoms with Crippen LogP contribution >= 0.6 is 0 Å². The number of nitrogens with zero attached hydrogens (tertiary/aromatic N) is 2. The molecule has 2 aliphatic rings. The predicted molar refractivity (Wildman–Crippen MR) is 61.3 cm³/mol. The average Bonchev–Trinajstić information content (AvgIpc) is 3.06. The SMILES string of the molecule is COC(CN)c1nc(C2CC3CCC2C3)no1. The lowest BCUT2D eigenvalue weighted by Gasteiger charge is -2.17. The van der Waals surface area contributed by atoms with Gasteiger partial charge in [-0.15, -0.1) is 0 Å². The lowest BCUT2D eigenvalue weighted by Crippen LogP contribution is -2.15. The molecule has 5 heteroatoms. The van der Waals surface area contributed by atoms with Gasteiger partial charge in [-0.1, -0.05) is 11.6 Å². The highest BCUT2D eigenvalue weighted by molar-refractivity contribution is 5.07. The molecule has 0 amide bonds. The van der Waals surface area contributed by atoms with Gasteiger partial charge in [0.15, 0.2) is 5.82 Å². The van der Waals surface area contributed by atoms with Crippen molar-refractivity contribution in [1.29, 1.82) is 0 Å². The van der Waals surface area contributed by atoms with E-state index in [1.807, 2.05) is 0 Å². The molecule has 0 radical (unpaired) electrons. The molecule has 2 bridgehead atoms. The van der Waals surface area contributed by atoms with E-state index in [9.17, 15) is 0 Å². The fourth-order valence-corrected chi connectivity index (χ4v) is 3.39. The molecule has 2 N–H and O–H groups in total. The van der Waals surface area contributed by atoms with Crippen molar-refractivity contribution in [3.05, 3.63) is 11.7 Å². The van der Waals surface area contributed by atoms with E-state index >= 15 is 0 Å². The van der Waals surface area contributed by atoms with Crippen molar-refractivity contribution in [2.45, 2.75) is 37.7 Å². The van der Waals surface area contributed by atoms with Gasteiger partial charge in [0.2, 0.25) is 0 Å². The van der Waals surface area contributed by atoms with E-state index in [2.05, 4.69) is 10.1 Å². The summed E-state index contributed by atoms with van der Waals surface area (Å²) in [6, 6.07) is 0. The normalized spacial score (nSPS) is 33.2. The number of ether oxygens (including phenoxy) is 1. The number of aromatic nitrogens is 2. The Balaban J connectivity index is 1.76. The smallest absolute Gasteiger partial charge is 0.257 e. The van der Waals surface area contributed by atoms with Crippen LogP contribution in [0.15, 0.2) is 4.52 Å². The fourth-order valence-electron chi connectivity index (χ4n) is 3.39. The Morgan fingerprint density at radius 2 is 2.35 bits per heavy atom. The zero-order chi connectivity index (χ0) is 11.8. The van der Waals surface area contributed by atoms with E-state index in [-0.39, 0.29) is 6.10 Å². The van der Waals surface area contributed by atoms with E-state index in [1.54, 1.807) is 7.11 Å². The van der Waals surface area contributed by atoms with Gasteiger partial charge in [0, 0.05) is 19.6 Å². The highest BCUT2D eigenvalue weighted by Crippen LogP contribution is 2.52. The number of hydrogen-bond donors (Lipinski definition) is 1. The van der Waals surface area contributed by atoms with Crippen LogP contribution in [0.4, 0.5) is 0 Å². The molecule has 2 aliphatic carbocycles. The highest BCUT2D eigenvalue weighted by Gasteiger charge is 2.42. The van der Waals surface area contributed by atoms with Crippen LogP contribution in [0.5, 0.6) is 0 Å². The minimum Gasteiger partial charge on any atom is -0.370 e. The first-order valence-electron chi connectivity index (χ1n) is 6.38. The number of methoxy groups -OCH3 is 1. The molecule has 1 aromatic heterocycles. The molecular formula is C12H19N3O2. The van der Waals surface area contributed by atoms with Crippen molar-refractivity contribution in [2.24, 2.45) is 17.6 Å². The molecular weight excluding hydrogens is 218 g/mol. The molecule has 0 spiro atoms. The summed E-state index contributed by atoms with van der Waals surface area (Å²) in [6.07, 6.45) is 5.01. The van der Waals surface area contributed by atoms with Crippen LogP contribution in [0.25, 0.3) is 0 Å². The molecule has 2 saturated carbocycles. The standard InChI is InChI=1S/C12H19N3O2/c1-16-10(6-13)12-14-11(15-17-12)9-5-7-2-3-8(9)4-7/h7-10H,2-6,13H2,1H3. The van der Waals surface area contributed by atoms with Crippen molar-refractivity contribution < 1.29 is 9.26 Å². The summed E-state index contributed by atoms with van der Waals surface area (Å²) in [7, 11) is 1.61. The fraction of sp³-hybridized carbons (Fsp3) is 0.833. The minimum atomic E-state index is -0.269. The maximum atomic E-state index is 5.59. The second-order valence-electron chi connectivity index (χ2n) is 5.23. The summed E-state index contributed by atoms with van der Waals surface area (Å²) in [5.41, 5.74) is 5.59. The van der Waals surface area contributed by atoms with Gasteiger partial charge >= 0.3 is 0 Å². The molecule has 0 aliphatic heterocycles. The Bertz CT molecular complexity index is 389. The monoisotopic (exact) mass is 237 g/mol. The molecule has 5 nitrogen and oxygen atoms in total. The van der Waals surface area contributed by atoms with Crippen LogP contribution in [-0.2, 0) is 4.74 Å². The van der Waals surface area contributed by atoms with Gasteiger partial charge in [-0.05, 0) is 31.1 Å². The summed E-state index contributed by atoms with van der Waals surface area (Å²) in [5.74, 6) is 3.54. The first-order valence-corrected chi connectivity index (χ1v) is 6.38. The van der Waals surface area contributed by atoms with Crippen LogP contribution < -0.4 is 5.73 Å². The lowest BCUT2D eigenvalue weighted by atomic mass is 9.88. The van der Waals surface area contributed by atoms with Crippen molar-refractivity contribution in [1.82, 2.24) is 10.1 Å².